The second kappa shape index (κ2) is 5.24. The van der Waals surface area contributed by atoms with Crippen LogP contribution in [-0.4, -0.2) is 46.7 Å². The highest BCUT2D eigenvalue weighted by molar-refractivity contribution is 5.93. The highest BCUT2D eigenvalue weighted by Gasteiger charge is 2.21. The summed E-state index contributed by atoms with van der Waals surface area (Å²) in [5.74, 6) is 0.00431. The summed E-state index contributed by atoms with van der Waals surface area (Å²) in [5, 5.41) is 0. The van der Waals surface area contributed by atoms with Crippen molar-refractivity contribution in [2.45, 2.75) is 0 Å². The van der Waals surface area contributed by atoms with Crippen molar-refractivity contribution in [2.75, 3.05) is 26.3 Å². The molecule has 1 aromatic heterocycles. The lowest BCUT2D eigenvalue weighted by atomic mass is 10.3. The Morgan fingerprint density at radius 1 is 1.16 bits per heavy atom. The van der Waals surface area contributed by atoms with Crippen LogP contribution in [0.2, 0.25) is 0 Å². The molecule has 1 aliphatic rings. The van der Waals surface area contributed by atoms with E-state index in [1.807, 2.05) is 34.9 Å². The minimum atomic E-state index is 0.00431. The van der Waals surface area contributed by atoms with Gasteiger partial charge < -0.3 is 9.64 Å². The maximum absolute atomic E-state index is 12.5. The Morgan fingerprint density at radius 2 is 1.89 bits per heavy atom. The Morgan fingerprint density at radius 3 is 2.63 bits per heavy atom. The number of rotatable bonds is 2. The fraction of sp³-hybridized carbons (Fsp3) is 0.286. The number of hydrogen-bond donors (Lipinski definition) is 0. The predicted molar refractivity (Wildman–Crippen MR) is 70.3 cm³/mol. The molecule has 1 amide bonds. The van der Waals surface area contributed by atoms with Crippen LogP contribution in [0.4, 0.5) is 0 Å². The summed E-state index contributed by atoms with van der Waals surface area (Å²) in [4.78, 5) is 18.4. The molecule has 1 aliphatic heterocycles. The largest absolute Gasteiger partial charge is 0.378 e. The Bertz CT molecular complexity index is 559. The Hall–Kier alpha value is -2.14. The van der Waals surface area contributed by atoms with E-state index in [0.717, 1.165) is 5.69 Å². The zero-order valence-corrected chi connectivity index (χ0v) is 10.5. The first-order valence-electron chi connectivity index (χ1n) is 6.31. The molecule has 1 aromatic carbocycles. The quantitative estimate of drug-likeness (QED) is 0.815. The molecule has 1 saturated heterocycles. The second-order valence-corrected chi connectivity index (χ2v) is 4.39. The van der Waals surface area contributed by atoms with E-state index in [-0.39, 0.29) is 5.91 Å². The number of benzene rings is 1. The van der Waals surface area contributed by atoms with Crippen molar-refractivity contribution in [1.82, 2.24) is 14.5 Å². The van der Waals surface area contributed by atoms with Crippen LogP contribution in [0.5, 0.6) is 0 Å². The minimum Gasteiger partial charge on any atom is -0.378 e. The Kier molecular flexibility index (Phi) is 3.29. The van der Waals surface area contributed by atoms with Gasteiger partial charge in [0.1, 0.15) is 5.69 Å². The van der Waals surface area contributed by atoms with Crippen LogP contribution in [0, 0.1) is 0 Å². The van der Waals surface area contributed by atoms with Gasteiger partial charge in [-0.05, 0) is 12.1 Å². The number of amides is 1. The molecule has 2 aromatic rings. The zero-order chi connectivity index (χ0) is 13.1. The van der Waals surface area contributed by atoms with E-state index in [1.54, 1.807) is 17.4 Å². The van der Waals surface area contributed by atoms with E-state index in [4.69, 9.17) is 4.74 Å². The second-order valence-electron chi connectivity index (χ2n) is 4.39. The number of para-hydroxylation sites is 1. The van der Waals surface area contributed by atoms with Crippen molar-refractivity contribution in [3.05, 3.63) is 48.5 Å². The molecule has 1 fully saturated rings. The van der Waals surface area contributed by atoms with Crippen molar-refractivity contribution in [3.8, 4) is 5.69 Å². The highest BCUT2D eigenvalue weighted by atomic mass is 16.5. The number of aromatic nitrogens is 2. The molecule has 0 saturated carbocycles. The van der Waals surface area contributed by atoms with E-state index in [9.17, 15) is 4.79 Å². The lowest BCUT2D eigenvalue weighted by molar-refractivity contribution is 0.0297. The minimum absolute atomic E-state index is 0.00431. The van der Waals surface area contributed by atoms with Crippen molar-refractivity contribution in [1.29, 1.82) is 0 Å². The molecule has 5 nitrogen and oxygen atoms in total. The molecule has 0 bridgehead atoms. The SMILES string of the molecule is O=C(c1cncn1-c1ccccc1)N1CCOCC1. The molecule has 0 N–H and O–H groups in total. The molecule has 98 valence electrons. The third-order valence-corrected chi connectivity index (χ3v) is 3.19. The van der Waals surface area contributed by atoms with Crippen LogP contribution in [0.1, 0.15) is 10.5 Å². The molecule has 0 aliphatic carbocycles. The van der Waals surface area contributed by atoms with Crippen LogP contribution in [0.3, 0.4) is 0 Å². The maximum Gasteiger partial charge on any atom is 0.272 e. The normalized spacial score (nSPS) is 15.5. The summed E-state index contributed by atoms with van der Waals surface area (Å²) in [6, 6.07) is 9.75. The van der Waals surface area contributed by atoms with Gasteiger partial charge in [-0.3, -0.25) is 9.36 Å². The molecule has 3 rings (SSSR count). The standard InChI is InChI=1S/C14H15N3O2/c18-14(16-6-8-19-9-7-16)13-10-15-11-17(13)12-4-2-1-3-5-12/h1-5,10-11H,6-9H2. The molecule has 0 atom stereocenters. The van der Waals surface area contributed by atoms with Crippen LogP contribution < -0.4 is 0 Å². The number of imidazole rings is 1. The molecule has 5 heteroatoms. The third-order valence-electron chi connectivity index (χ3n) is 3.19. The smallest absolute Gasteiger partial charge is 0.272 e. The van der Waals surface area contributed by atoms with Crippen LogP contribution in [0.15, 0.2) is 42.9 Å². The summed E-state index contributed by atoms with van der Waals surface area (Å²) >= 11 is 0. The molecule has 2 heterocycles. The molecule has 0 radical (unpaired) electrons. The first kappa shape index (κ1) is 11.9. The Labute approximate surface area is 111 Å². The predicted octanol–water partition coefficient (Wildman–Crippen LogP) is 1.34. The number of ether oxygens (including phenoxy) is 1. The van der Waals surface area contributed by atoms with Crippen molar-refractivity contribution >= 4 is 5.91 Å². The monoisotopic (exact) mass is 257 g/mol. The first-order valence-corrected chi connectivity index (χ1v) is 6.31. The van der Waals surface area contributed by atoms with E-state index in [2.05, 4.69) is 4.98 Å². The van der Waals surface area contributed by atoms with Crippen molar-refractivity contribution in [3.63, 3.8) is 0 Å². The lowest BCUT2D eigenvalue weighted by Crippen LogP contribution is -2.41. The summed E-state index contributed by atoms with van der Waals surface area (Å²) in [5.41, 5.74) is 1.53. The maximum atomic E-state index is 12.5. The van der Waals surface area contributed by atoms with Crippen LogP contribution in [0.25, 0.3) is 5.69 Å². The van der Waals surface area contributed by atoms with Gasteiger partial charge in [0.2, 0.25) is 0 Å². The molecule has 0 unspecified atom stereocenters. The lowest BCUT2D eigenvalue weighted by Gasteiger charge is -2.26. The van der Waals surface area contributed by atoms with Crippen LogP contribution in [-0.2, 0) is 4.74 Å². The van der Waals surface area contributed by atoms with Gasteiger partial charge in [0, 0.05) is 18.8 Å². The molecular weight excluding hydrogens is 242 g/mol. The van der Waals surface area contributed by atoms with Gasteiger partial charge in [-0.1, -0.05) is 18.2 Å². The van der Waals surface area contributed by atoms with E-state index in [0.29, 0.717) is 32.0 Å². The number of morpholine rings is 1. The van der Waals surface area contributed by atoms with Gasteiger partial charge in [0.15, 0.2) is 0 Å². The van der Waals surface area contributed by atoms with Gasteiger partial charge in [-0.2, -0.15) is 0 Å². The number of carbonyl (C=O) groups is 1. The van der Waals surface area contributed by atoms with E-state index >= 15 is 0 Å². The van der Waals surface area contributed by atoms with Gasteiger partial charge in [0.05, 0.1) is 25.7 Å². The molecular formula is C14H15N3O2. The molecule has 19 heavy (non-hydrogen) atoms. The number of nitrogens with zero attached hydrogens (tertiary/aromatic N) is 3. The van der Waals surface area contributed by atoms with Gasteiger partial charge in [0.25, 0.3) is 5.91 Å². The Balaban J connectivity index is 1.89. The van der Waals surface area contributed by atoms with Gasteiger partial charge in [-0.25, -0.2) is 4.98 Å². The average Bonchev–Trinajstić information content (AvgIpc) is 2.98. The average molecular weight is 257 g/mol. The van der Waals surface area contributed by atoms with Crippen molar-refractivity contribution < 1.29 is 9.53 Å². The molecule has 0 spiro atoms. The topological polar surface area (TPSA) is 47.4 Å². The summed E-state index contributed by atoms with van der Waals surface area (Å²) in [6.07, 6.45) is 3.29. The number of carbonyl (C=O) groups excluding carboxylic acids is 1. The van der Waals surface area contributed by atoms with E-state index in [1.165, 1.54) is 0 Å². The number of hydrogen-bond acceptors (Lipinski definition) is 3. The third kappa shape index (κ3) is 2.37. The van der Waals surface area contributed by atoms with E-state index < -0.39 is 0 Å². The van der Waals surface area contributed by atoms with Crippen molar-refractivity contribution in [2.24, 2.45) is 0 Å². The van der Waals surface area contributed by atoms with Crippen LogP contribution >= 0.6 is 0 Å². The fourth-order valence-electron chi connectivity index (χ4n) is 2.18. The fourth-order valence-corrected chi connectivity index (χ4v) is 2.18. The summed E-state index contributed by atoms with van der Waals surface area (Å²) in [6.45, 7) is 2.48. The summed E-state index contributed by atoms with van der Waals surface area (Å²) in [7, 11) is 0. The van der Waals surface area contributed by atoms with Gasteiger partial charge >= 0.3 is 0 Å². The highest BCUT2D eigenvalue weighted by Crippen LogP contribution is 2.13. The zero-order valence-electron chi connectivity index (χ0n) is 10.5. The van der Waals surface area contributed by atoms with Gasteiger partial charge in [-0.15, -0.1) is 0 Å². The first-order chi connectivity index (χ1) is 9.36. The summed E-state index contributed by atoms with van der Waals surface area (Å²) < 4.78 is 7.08.